The Balaban J connectivity index is 0.000000235. The molecule has 0 fully saturated rings. The fourth-order valence-corrected chi connectivity index (χ4v) is 4.88. The van der Waals surface area contributed by atoms with Gasteiger partial charge in [0.05, 0.1) is 7.11 Å². The van der Waals surface area contributed by atoms with Gasteiger partial charge in [-0.05, 0) is 11.1 Å². The van der Waals surface area contributed by atoms with Gasteiger partial charge in [-0.15, -0.1) is 0 Å². The fourth-order valence-electron chi connectivity index (χ4n) is 2.81. The molecule has 0 aromatic heterocycles. The Morgan fingerprint density at radius 3 is 1.44 bits per heavy atom. The lowest BCUT2D eigenvalue weighted by atomic mass is 10.0. The van der Waals surface area contributed by atoms with Gasteiger partial charge in [-0.25, -0.2) is 4.79 Å². The molecule has 168 valence electrons. The molecule has 0 aliphatic rings. The molecule has 0 aliphatic carbocycles. The lowest BCUT2D eigenvalue weighted by Gasteiger charge is -2.19. The van der Waals surface area contributed by atoms with Crippen molar-refractivity contribution in [3.63, 3.8) is 0 Å². The molecule has 0 bridgehead atoms. The average Bonchev–Trinajstić information content (AvgIpc) is 2.79. The average molecular weight is 690 g/mol. The van der Waals surface area contributed by atoms with Crippen molar-refractivity contribution in [2.24, 2.45) is 0 Å². The highest BCUT2D eigenvalue weighted by atomic mass is 79.9. The number of ketones is 1. The van der Waals surface area contributed by atoms with Crippen LogP contribution in [0.15, 0.2) is 91.0 Å². The Morgan fingerprint density at radius 1 is 0.656 bits per heavy atom. The number of ether oxygens (including phenoxy) is 1. The normalized spacial score (nSPS) is 11.2. The third-order valence-corrected chi connectivity index (χ3v) is 6.88. The molecule has 0 heterocycles. The predicted molar refractivity (Wildman–Crippen MR) is 144 cm³/mol. The number of hydrogen-bond donors (Lipinski definition) is 0. The van der Waals surface area contributed by atoms with E-state index in [1.807, 2.05) is 91.0 Å². The molecule has 0 saturated heterocycles. The highest BCUT2D eigenvalue weighted by molar-refractivity contribution is 9.26. The highest BCUT2D eigenvalue weighted by Crippen LogP contribution is 2.34. The number of hydrogen-bond acceptors (Lipinski definition) is 3. The van der Waals surface area contributed by atoms with Crippen LogP contribution in [0.4, 0.5) is 0 Å². The minimum Gasteiger partial charge on any atom is -0.467 e. The number of Topliss-reactive ketones (excluding diaryl/α,β-unsaturated/α-hetero) is 1. The topological polar surface area (TPSA) is 43.4 Å². The molecule has 3 aromatic carbocycles. The summed E-state index contributed by atoms with van der Waals surface area (Å²) in [5.41, 5.74) is 2.87. The van der Waals surface area contributed by atoms with E-state index in [4.69, 9.17) is 0 Å². The summed E-state index contributed by atoms with van der Waals surface area (Å²) in [5.74, 6) is -0.298. The molecule has 3 aromatic rings. The Kier molecular flexibility index (Phi) is 10.8. The number of alkyl halides is 4. The van der Waals surface area contributed by atoms with E-state index >= 15 is 0 Å². The molecule has 0 saturated carbocycles. The lowest BCUT2D eigenvalue weighted by molar-refractivity contribution is -0.140. The van der Waals surface area contributed by atoms with Gasteiger partial charge in [-0.1, -0.05) is 155 Å². The monoisotopic (exact) mass is 686 g/mol. The zero-order valence-electron chi connectivity index (χ0n) is 17.3. The minimum atomic E-state index is -0.823. The zero-order chi connectivity index (χ0) is 23.6. The number of carbonyl (C=O) groups excluding carboxylic acids is 2. The van der Waals surface area contributed by atoms with Crippen molar-refractivity contribution in [2.75, 3.05) is 7.11 Å². The van der Waals surface area contributed by atoms with Crippen molar-refractivity contribution < 1.29 is 14.3 Å². The molecular formula is C25H22Br4O3. The molecule has 0 amide bonds. The second-order valence-corrected chi connectivity index (χ2v) is 14.5. The summed E-state index contributed by atoms with van der Waals surface area (Å²) in [6, 6.07) is 28.9. The molecule has 7 heteroatoms. The van der Waals surface area contributed by atoms with Gasteiger partial charge in [0, 0.05) is 18.4 Å². The third kappa shape index (κ3) is 8.58. The van der Waals surface area contributed by atoms with Crippen LogP contribution in [0.1, 0.15) is 21.5 Å². The van der Waals surface area contributed by atoms with E-state index in [0.29, 0.717) is 18.4 Å². The maximum atomic E-state index is 12.4. The van der Waals surface area contributed by atoms with Crippen molar-refractivity contribution in [2.45, 2.75) is 19.3 Å². The SMILES string of the molecule is COC(=O)C(Br)(Br)Cc1ccccc1.O=C(c1ccccc1)C(Br)(Br)Cc1ccccc1. The summed E-state index contributed by atoms with van der Waals surface area (Å²) in [6.45, 7) is 0. The molecule has 0 unspecified atom stereocenters. The van der Waals surface area contributed by atoms with Crippen molar-refractivity contribution in [1.29, 1.82) is 0 Å². The number of rotatable bonds is 7. The van der Waals surface area contributed by atoms with Crippen molar-refractivity contribution >= 4 is 75.5 Å². The first kappa shape index (κ1) is 27.0. The molecular weight excluding hydrogens is 668 g/mol. The van der Waals surface area contributed by atoms with Gasteiger partial charge in [-0.3, -0.25) is 4.79 Å². The Hall–Kier alpha value is -1.28. The van der Waals surface area contributed by atoms with E-state index in [1.54, 1.807) is 0 Å². The molecule has 3 rings (SSSR count). The first-order chi connectivity index (χ1) is 15.2. The van der Waals surface area contributed by atoms with Gasteiger partial charge in [0.1, 0.15) is 3.23 Å². The van der Waals surface area contributed by atoms with Crippen LogP contribution >= 0.6 is 63.7 Å². The number of esters is 1. The summed E-state index contributed by atoms with van der Waals surface area (Å²) in [7, 11) is 1.37. The van der Waals surface area contributed by atoms with Crippen LogP contribution in [-0.4, -0.2) is 25.3 Å². The molecule has 0 N–H and O–H groups in total. The molecule has 0 aliphatic heterocycles. The summed E-state index contributed by atoms with van der Waals surface area (Å²) in [4.78, 5) is 23.7. The van der Waals surface area contributed by atoms with Gasteiger partial charge in [-0.2, -0.15) is 0 Å². The van der Waals surface area contributed by atoms with Crippen molar-refractivity contribution in [3.8, 4) is 0 Å². The van der Waals surface area contributed by atoms with E-state index in [2.05, 4.69) is 68.5 Å². The van der Waals surface area contributed by atoms with E-state index in [-0.39, 0.29) is 11.8 Å². The van der Waals surface area contributed by atoms with E-state index in [0.717, 1.165) is 11.1 Å². The number of halogens is 4. The molecule has 32 heavy (non-hydrogen) atoms. The molecule has 0 spiro atoms. The van der Waals surface area contributed by atoms with Crippen LogP contribution in [-0.2, 0) is 22.4 Å². The van der Waals surface area contributed by atoms with Crippen LogP contribution in [0.2, 0.25) is 0 Å². The number of carbonyl (C=O) groups is 2. The van der Waals surface area contributed by atoms with Crippen molar-refractivity contribution in [3.05, 3.63) is 108 Å². The van der Waals surface area contributed by atoms with Crippen LogP contribution in [0, 0.1) is 0 Å². The Morgan fingerprint density at radius 2 is 1.03 bits per heavy atom. The maximum absolute atomic E-state index is 12.4. The quantitative estimate of drug-likeness (QED) is 0.147. The Bertz CT molecular complexity index is 991. The molecule has 0 atom stereocenters. The second-order valence-electron chi connectivity index (χ2n) is 6.92. The van der Waals surface area contributed by atoms with Gasteiger partial charge in [0.15, 0.2) is 9.02 Å². The van der Waals surface area contributed by atoms with Crippen LogP contribution in [0.5, 0.6) is 0 Å². The molecule has 3 nitrogen and oxygen atoms in total. The Labute approximate surface area is 222 Å². The van der Waals surface area contributed by atoms with E-state index in [9.17, 15) is 9.59 Å². The minimum absolute atomic E-state index is 0.0342. The standard InChI is InChI=1S/C15H12Br2O.C10H10Br2O2/c16-15(17,11-12-7-3-1-4-8-12)14(18)13-9-5-2-6-10-13;1-14-9(13)10(11,12)7-8-5-3-2-4-6-8/h1-10H,11H2;2-6H,7H2,1H3. The van der Waals surface area contributed by atoms with Crippen LogP contribution < -0.4 is 0 Å². The second kappa shape index (κ2) is 12.8. The van der Waals surface area contributed by atoms with Crippen LogP contribution in [0.25, 0.3) is 0 Å². The van der Waals surface area contributed by atoms with Gasteiger partial charge in [0.25, 0.3) is 0 Å². The maximum Gasteiger partial charge on any atom is 0.333 e. The zero-order valence-corrected chi connectivity index (χ0v) is 23.7. The summed E-state index contributed by atoms with van der Waals surface area (Å²) >= 11 is 13.5. The third-order valence-electron chi connectivity index (χ3n) is 4.39. The summed E-state index contributed by atoms with van der Waals surface area (Å²) in [6.07, 6.45) is 1.14. The smallest absolute Gasteiger partial charge is 0.333 e. The summed E-state index contributed by atoms with van der Waals surface area (Å²) < 4.78 is 3.08. The fraction of sp³-hybridized carbons (Fsp3) is 0.200. The summed E-state index contributed by atoms with van der Waals surface area (Å²) in [5, 5.41) is 0. The number of methoxy groups -OCH3 is 1. The van der Waals surface area contributed by atoms with Crippen LogP contribution in [0.3, 0.4) is 0 Å². The lowest BCUT2D eigenvalue weighted by Crippen LogP contribution is -2.28. The number of benzene rings is 3. The van der Waals surface area contributed by atoms with E-state index < -0.39 is 6.47 Å². The van der Waals surface area contributed by atoms with Crippen molar-refractivity contribution in [1.82, 2.24) is 0 Å². The highest BCUT2D eigenvalue weighted by Gasteiger charge is 2.34. The largest absolute Gasteiger partial charge is 0.467 e. The first-order valence-electron chi connectivity index (χ1n) is 9.67. The first-order valence-corrected chi connectivity index (χ1v) is 12.8. The van der Waals surface area contributed by atoms with E-state index in [1.165, 1.54) is 7.11 Å². The van der Waals surface area contributed by atoms with Gasteiger partial charge in [0.2, 0.25) is 0 Å². The van der Waals surface area contributed by atoms with Gasteiger partial charge >= 0.3 is 5.97 Å². The molecule has 0 radical (unpaired) electrons. The van der Waals surface area contributed by atoms with Gasteiger partial charge < -0.3 is 4.74 Å². The predicted octanol–water partition coefficient (Wildman–Crippen LogP) is 7.49.